The number of benzene rings is 2. The molecule has 0 fully saturated rings. The Morgan fingerprint density at radius 2 is 1.92 bits per heavy atom. The van der Waals surface area contributed by atoms with Crippen LogP contribution in [0.4, 0.5) is 11.4 Å². The molecule has 0 saturated heterocycles. The monoisotopic (exact) mass is 512 g/mol. The number of nitro groups is 1. The van der Waals surface area contributed by atoms with Gasteiger partial charge in [0.1, 0.15) is 5.75 Å². The van der Waals surface area contributed by atoms with Crippen LogP contribution >= 0.6 is 11.8 Å². The fraction of sp³-hybridized carbons (Fsp3) is 0.333. The fourth-order valence-corrected chi connectivity index (χ4v) is 3.94. The number of nitrogens with zero attached hydrogens (tertiary/aromatic N) is 4. The van der Waals surface area contributed by atoms with Gasteiger partial charge in [0.05, 0.1) is 17.2 Å². The maximum Gasteiger partial charge on any atom is 0.274 e. The molecule has 0 radical (unpaired) electrons. The van der Waals surface area contributed by atoms with Gasteiger partial charge < -0.3 is 19.9 Å². The predicted octanol–water partition coefficient (Wildman–Crippen LogP) is 3.41. The topological polar surface area (TPSA) is 141 Å². The third-order valence-corrected chi connectivity index (χ3v) is 6.40. The van der Waals surface area contributed by atoms with Crippen molar-refractivity contribution in [2.24, 2.45) is 7.05 Å². The van der Waals surface area contributed by atoms with Gasteiger partial charge in [-0.05, 0) is 44.0 Å². The average molecular weight is 513 g/mol. The number of hydrogen-bond acceptors (Lipinski definition) is 8. The molecule has 12 heteroatoms. The van der Waals surface area contributed by atoms with E-state index in [1.807, 2.05) is 24.3 Å². The van der Waals surface area contributed by atoms with Gasteiger partial charge in [-0.3, -0.25) is 19.7 Å². The molecule has 0 spiro atoms. The van der Waals surface area contributed by atoms with Crippen LogP contribution in [0.3, 0.4) is 0 Å². The summed E-state index contributed by atoms with van der Waals surface area (Å²) < 4.78 is 7.38. The first kappa shape index (κ1) is 26.7. The normalized spacial score (nSPS) is 11.6. The van der Waals surface area contributed by atoms with Crippen molar-refractivity contribution in [1.82, 2.24) is 20.1 Å². The van der Waals surface area contributed by atoms with Crippen molar-refractivity contribution >= 4 is 35.0 Å². The number of amides is 2. The SMILES string of the molecule is CCc1ccc(O[C@H](C)C(=O)NCc2nnc(SCC(=O)Nc3ccc(C)c([N+](=O)[O-])c3)n2C)cc1. The van der Waals surface area contributed by atoms with Crippen molar-refractivity contribution in [3.05, 3.63) is 69.5 Å². The zero-order valence-corrected chi connectivity index (χ0v) is 21.3. The summed E-state index contributed by atoms with van der Waals surface area (Å²) in [7, 11) is 1.74. The molecular formula is C24H28N6O5S. The van der Waals surface area contributed by atoms with E-state index in [2.05, 4.69) is 27.8 Å². The largest absolute Gasteiger partial charge is 0.481 e. The van der Waals surface area contributed by atoms with Crippen LogP contribution < -0.4 is 15.4 Å². The summed E-state index contributed by atoms with van der Waals surface area (Å²) in [5, 5.41) is 25.2. The lowest BCUT2D eigenvalue weighted by atomic mass is 10.2. The van der Waals surface area contributed by atoms with Gasteiger partial charge in [-0.25, -0.2) is 0 Å². The Morgan fingerprint density at radius 3 is 2.58 bits per heavy atom. The molecule has 2 N–H and O–H groups in total. The first-order chi connectivity index (χ1) is 17.2. The van der Waals surface area contributed by atoms with E-state index >= 15 is 0 Å². The minimum atomic E-state index is -0.694. The maximum atomic E-state index is 12.4. The summed E-state index contributed by atoms with van der Waals surface area (Å²) in [6.45, 7) is 5.51. The van der Waals surface area contributed by atoms with E-state index in [-0.39, 0.29) is 29.8 Å². The van der Waals surface area contributed by atoms with Gasteiger partial charge in [0.2, 0.25) is 5.91 Å². The first-order valence-electron chi connectivity index (χ1n) is 11.3. The Kier molecular flexibility index (Phi) is 9.01. The second-order valence-electron chi connectivity index (χ2n) is 8.03. The number of thioether (sulfide) groups is 1. The second-order valence-corrected chi connectivity index (χ2v) is 8.97. The molecule has 3 aromatic rings. The maximum absolute atomic E-state index is 12.4. The zero-order valence-electron chi connectivity index (χ0n) is 20.5. The highest BCUT2D eigenvalue weighted by Gasteiger charge is 2.17. The number of nitro benzene ring substituents is 1. The Hall–Kier alpha value is -3.93. The molecule has 2 aromatic carbocycles. The number of carbonyl (C=O) groups is 2. The van der Waals surface area contributed by atoms with Gasteiger partial charge in [-0.15, -0.1) is 10.2 Å². The van der Waals surface area contributed by atoms with Crippen molar-refractivity contribution in [1.29, 1.82) is 0 Å². The van der Waals surface area contributed by atoms with Crippen LogP contribution in [0, 0.1) is 17.0 Å². The summed E-state index contributed by atoms with van der Waals surface area (Å²) in [4.78, 5) is 35.4. The number of ether oxygens (including phenoxy) is 1. The lowest BCUT2D eigenvalue weighted by Gasteiger charge is -2.15. The lowest BCUT2D eigenvalue weighted by Crippen LogP contribution is -2.36. The number of nitrogens with one attached hydrogen (secondary N) is 2. The van der Waals surface area contributed by atoms with Gasteiger partial charge in [-0.1, -0.05) is 36.9 Å². The van der Waals surface area contributed by atoms with Crippen LogP contribution in [-0.4, -0.2) is 43.4 Å². The third kappa shape index (κ3) is 7.04. The quantitative estimate of drug-likeness (QED) is 0.226. The van der Waals surface area contributed by atoms with Crippen LogP contribution in [-0.2, 0) is 29.6 Å². The molecule has 1 aromatic heterocycles. The van der Waals surface area contributed by atoms with Gasteiger partial charge in [0.25, 0.3) is 11.6 Å². The highest BCUT2D eigenvalue weighted by Crippen LogP contribution is 2.23. The number of rotatable bonds is 11. The molecule has 0 aliphatic carbocycles. The van der Waals surface area contributed by atoms with Crippen LogP contribution in [0.1, 0.15) is 30.8 Å². The molecule has 3 rings (SSSR count). The summed E-state index contributed by atoms with van der Waals surface area (Å²) in [6, 6.07) is 12.1. The van der Waals surface area contributed by atoms with Gasteiger partial charge in [0, 0.05) is 24.4 Å². The zero-order chi connectivity index (χ0) is 26.2. The molecular weight excluding hydrogens is 484 g/mol. The fourth-order valence-electron chi connectivity index (χ4n) is 3.21. The second kappa shape index (κ2) is 12.2. The molecule has 1 heterocycles. The standard InChI is InChI=1S/C24H28N6O5S/c1-5-17-7-10-19(11-8-17)35-16(3)23(32)25-13-21-27-28-24(29(21)4)36-14-22(31)26-18-9-6-15(2)20(12-18)30(33)34/h6-12,16H,5,13-14H2,1-4H3,(H,25,32)(H,26,31)/t16-/m1/s1. The Labute approximate surface area is 212 Å². The number of carbonyl (C=O) groups excluding carboxylic acids is 2. The Bertz CT molecular complexity index is 1240. The van der Waals surface area contributed by atoms with Crippen molar-refractivity contribution in [2.75, 3.05) is 11.1 Å². The Balaban J connectivity index is 1.48. The molecule has 1 atom stereocenters. The third-order valence-electron chi connectivity index (χ3n) is 5.38. The number of aryl methyl sites for hydroxylation is 2. The van der Waals surface area contributed by atoms with Crippen LogP contribution in [0.5, 0.6) is 5.75 Å². The van der Waals surface area contributed by atoms with Crippen molar-refractivity contribution < 1.29 is 19.2 Å². The van der Waals surface area contributed by atoms with Crippen molar-refractivity contribution in [3.8, 4) is 5.75 Å². The molecule has 0 unspecified atom stereocenters. The Morgan fingerprint density at radius 1 is 1.19 bits per heavy atom. The van der Waals surface area contributed by atoms with Gasteiger partial charge >= 0.3 is 0 Å². The first-order valence-corrected chi connectivity index (χ1v) is 12.3. The van der Waals surface area contributed by atoms with E-state index < -0.39 is 11.0 Å². The predicted molar refractivity (Wildman–Crippen MR) is 136 cm³/mol. The molecule has 2 amide bonds. The highest BCUT2D eigenvalue weighted by molar-refractivity contribution is 7.99. The molecule has 0 aliphatic rings. The molecule has 0 bridgehead atoms. The molecule has 190 valence electrons. The van der Waals surface area contributed by atoms with E-state index in [9.17, 15) is 19.7 Å². The number of aromatic nitrogens is 3. The van der Waals surface area contributed by atoms with Crippen LogP contribution in [0.25, 0.3) is 0 Å². The molecule has 0 saturated carbocycles. The van der Waals surface area contributed by atoms with E-state index in [1.54, 1.807) is 37.6 Å². The number of hydrogen-bond donors (Lipinski definition) is 2. The summed E-state index contributed by atoms with van der Waals surface area (Å²) >= 11 is 1.16. The van der Waals surface area contributed by atoms with Crippen LogP contribution in [0.2, 0.25) is 0 Å². The van der Waals surface area contributed by atoms with E-state index in [4.69, 9.17) is 4.74 Å². The molecule has 0 aliphatic heterocycles. The minimum absolute atomic E-state index is 0.0295. The molecule has 11 nitrogen and oxygen atoms in total. The minimum Gasteiger partial charge on any atom is -0.481 e. The van der Waals surface area contributed by atoms with E-state index in [1.165, 1.54) is 11.6 Å². The van der Waals surface area contributed by atoms with Crippen molar-refractivity contribution in [2.45, 2.75) is 45.0 Å². The van der Waals surface area contributed by atoms with Gasteiger partial charge in [0.15, 0.2) is 17.1 Å². The molecule has 36 heavy (non-hydrogen) atoms. The summed E-state index contributed by atoms with van der Waals surface area (Å²) in [5.41, 5.74) is 1.98. The summed E-state index contributed by atoms with van der Waals surface area (Å²) in [5.74, 6) is 0.528. The number of anilines is 1. The van der Waals surface area contributed by atoms with E-state index in [0.717, 1.165) is 18.2 Å². The van der Waals surface area contributed by atoms with E-state index in [0.29, 0.717) is 28.0 Å². The summed E-state index contributed by atoms with van der Waals surface area (Å²) in [6.07, 6.45) is 0.233. The van der Waals surface area contributed by atoms with Crippen molar-refractivity contribution in [3.63, 3.8) is 0 Å². The highest BCUT2D eigenvalue weighted by atomic mass is 32.2. The smallest absolute Gasteiger partial charge is 0.274 e. The van der Waals surface area contributed by atoms with Crippen LogP contribution in [0.15, 0.2) is 47.6 Å². The lowest BCUT2D eigenvalue weighted by molar-refractivity contribution is -0.385. The average Bonchev–Trinajstić information content (AvgIpc) is 3.21. The van der Waals surface area contributed by atoms with Gasteiger partial charge in [-0.2, -0.15) is 0 Å².